The highest BCUT2D eigenvalue weighted by atomic mass is 79.9. The van der Waals surface area contributed by atoms with Gasteiger partial charge in [-0.2, -0.15) is 0 Å². The molecule has 0 unspecified atom stereocenters. The lowest BCUT2D eigenvalue weighted by atomic mass is 9.81. The van der Waals surface area contributed by atoms with Crippen molar-refractivity contribution in [1.29, 1.82) is 0 Å². The Bertz CT molecular complexity index is 2220. The molecule has 0 aromatic heterocycles. The normalized spacial score (nSPS) is 14.4. The minimum absolute atomic E-state index is 0.0707. The number of nitrogens with two attached hydrogens (primary N) is 1. The lowest BCUT2D eigenvalue weighted by Gasteiger charge is -2.22. The number of rotatable bonds is 2. The smallest absolute Gasteiger partial charge is 0.0317 e. The second-order valence-electron chi connectivity index (χ2n) is 17.9. The molecule has 0 saturated carbocycles. The van der Waals surface area contributed by atoms with E-state index in [2.05, 4.69) is 213 Å². The summed E-state index contributed by atoms with van der Waals surface area (Å²) in [6, 6.07) is 48.3. The summed E-state index contributed by atoms with van der Waals surface area (Å²) < 4.78 is 1.14. The van der Waals surface area contributed by atoms with Crippen LogP contribution in [0.4, 0.5) is 5.69 Å². The Balaban J connectivity index is 0.000000151. The van der Waals surface area contributed by atoms with E-state index in [0.717, 1.165) is 16.6 Å². The average Bonchev–Trinajstić information content (AvgIpc) is 3.47. The summed E-state index contributed by atoms with van der Waals surface area (Å²) in [5, 5.41) is 0. The van der Waals surface area contributed by atoms with Crippen LogP contribution in [0.25, 0.3) is 22.3 Å². The molecule has 2 heteroatoms. The molecule has 0 aliphatic heterocycles. The van der Waals surface area contributed by atoms with Crippen molar-refractivity contribution in [2.45, 2.75) is 97.3 Å². The molecule has 0 atom stereocenters. The van der Waals surface area contributed by atoms with E-state index >= 15 is 0 Å². The first-order valence-corrected chi connectivity index (χ1v) is 19.8. The molecular formula is C51H56BrN. The second kappa shape index (κ2) is 14.4. The molecule has 0 amide bonds. The van der Waals surface area contributed by atoms with E-state index in [1.165, 1.54) is 66.8 Å². The van der Waals surface area contributed by atoms with Gasteiger partial charge in [-0.25, -0.2) is 0 Å². The Morgan fingerprint density at radius 3 is 1.34 bits per heavy atom. The monoisotopic (exact) mass is 761 g/mol. The first kappa shape index (κ1) is 38.3. The van der Waals surface area contributed by atoms with Crippen molar-refractivity contribution in [2.24, 2.45) is 0 Å². The summed E-state index contributed by atoms with van der Waals surface area (Å²) in [5.74, 6) is 0. The third-order valence-corrected chi connectivity index (χ3v) is 11.7. The fraction of sp³-hybridized carbons (Fsp3) is 0.294. The molecular weight excluding hydrogens is 706 g/mol. The van der Waals surface area contributed by atoms with Crippen molar-refractivity contribution in [3.8, 4) is 22.3 Å². The summed E-state index contributed by atoms with van der Waals surface area (Å²) in [6.07, 6.45) is 0.990. The van der Waals surface area contributed by atoms with Crippen LogP contribution in [0.3, 0.4) is 0 Å². The van der Waals surface area contributed by atoms with Crippen LogP contribution in [0.2, 0.25) is 0 Å². The van der Waals surface area contributed by atoms with Crippen LogP contribution in [-0.4, -0.2) is 0 Å². The van der Waals surface area contributed by atoms with E-state index in [1.54, 1.807) is 0 Å². The van der Waals surface area contributed by atoms with Gasteiger partial charge in [-0.05, 0) is 108 Å². The summed E-state index contributed by atoms with van der Waals surface area (Å²) in [6.45, 7) is 22.7. The minimum atomic E-state index is 0.0707. The molecule has 0 fully saturated rings. The van der Waals surface area contributed by atoms with Gasteiger partial charge < -0.3 is 5.73 Å². The lowest BCUT2D eigenvalue weighted by Crippen LogP contribution is -2.15. The van der Waals surface area contributed by atoms with Crippen molar-refractivity contribution in [1.82, 2.24) is 0 Å². The predicted molar refractivity (Wildman–Crippen MR) is 233 cm³/mol. The van der Waals surface area contributed by atoms with Gasteiger partial charge in [0.1, 0.15) is 0 Å². The summed E-state index contributed by atoms with van der Waals surface area (Å²) >= 11 is 3.41. The van der Waals surface area contributed by atoms with Gasteiger partial charge in [-0.3, -0.25) is 0 Å². The maximum atomic E-state index is 5.89. The highest BCUT2D eigenvalue weighted by molar-refractivity contribution is 9.10. The topological polar surface area (TPSA) is 26.0 Å². The SMILES string of the molecule is CC(C)(C)c1ccc(Br)cc1.CC(C)(C)c1ccc(Cc2ccc3c(c2)C(C)(C)c2ccccc2-3)cc1.CC1(C)c2ccccc2-c2ccc(N)cc21. The van der Waals surface area contributed by atoms with Gasteiger partial charge in [0.25, 0.3) is 0 Å². The van der Waals surface area contributed by atoms with Gasteiger partial charge in [-0.1, -0.05) is 194 Å². The van der Waals surface area contributed by atoms with E-state index in [1.807, 2.05) is 6.07 Å². The Morgan fingerprint density at radius 1 is 0.453 bits per heavy atom. The Morgan fingerprint density at radius 2 is 0.849 bits per heavy atom. The van der Waals surface area contributed by atoms with Gasteiger partial charge in [0, 0.05) is 21.0 Å². The van der Waals surface area contributed by atoms with Crippen LogP contribution in [-0.2, 0) is 28.1 Å². The number of nitrogen functional groups attached to an aromatic ring is 1. The number of halogens is 1. The zero-order chi connectivity index (χ0) is 38.3. The fourth-order valence-corrected chi connectivity index (χ4v) is 8.16. The van der Waals surface area contributed by atoms with E-state index < -0.39 is 0 Å². The van der Waals surface area contributed by atoms with Crippen LogP contribution < -0.4 is 5.73 Å². The van der Waals surface area contributed by atoms with E-state index in [9.17, 15) is 0 Å². The third-order valence-electron chi connectivity index (χ3n) is 11.2. The van der Waals surface area contributed by atoms with Crippen molar-refractivity contribution in [3.05, 3.63) is 182 Å². The molecule has 1 nitrogen and oxygen atoms in total. The molecule has 53 heavy (non-hydrogen) atoms. The molecule has 0 saturated heterocycles. The van der Waals surface area contributed by atoms with Crippen molar-refractivity contribution in [3.63, 3.8) is 0 Å². The van der Waals surface area contributed by atoms with Crippen LogP contribution >= 0.6 is 15.9 Å². The molecule has 2 aliphatic rings. The van der Waals surface area contributed by atoms with Crippen molar-refractivity contribution < 1.29 is 0 Å². The quantitative estimate of drug-likeness (QED) is 0.175. The zero-order valence-corrected chi connectivity index (χ0v) is 35.0. The zero-order valence-electron chi connectivity index (χ0n) is 33.4. The van der Waals surface area contributed by atoms with E-state index in [0.29, 0.717) is 0 Å². The highest BCUT2D eigenvalue weighted by Crippen LogP contribution is 2.50. The van der Waals surface area contributed by atoms with Crippen LogP contribution in [0.1, 0.15) is 114 Å². The fourth-order valence-electron chi connectivity index (χ4n) is 7.89. The first-order valence-electron chi connectivity index (χ1n) is 19.0. The molecule has 0 spiro atoms. The Hall–Kier alpha value is -4.40. The molecule has 2 aliphatic carbocycles. The van der Waals surface area contributed by atoms with Gasteiger partial charge in [0.05, 0.1) is 0 Å². The van der Waals surface area contributed by atoms with Gasteiger partial charge in [0.15, 0.2) is 0 Å². The van der Waals surface area contributed by atoms with Crippen LogP contribution in [0, 0.1) is 0 Å². The standard InChI is InChI=1S/C26H28.C15H15N.C10H13Br/c1-25(2,3)20-13-10-18(11-14-20)16-19-12-15-22-21-8-6-7-9-23(21)26(4,5)24(22)17-19;1-15(2)13-6-4-3-5-11(13)12-8-7-10(16)9-14(12)15;1-10(2,3)8-4-6-9(11)7-5-8/h6-15,17H,16H2,1-5H3;3-9H,16H2,1-2H3;4-7H,1-3H3. The molecule has 272 valence electrons. The predicted octanol–water partition coefficient (Wildman–Crippen LogP) is 14.2. The maximum absolute atomic E-state index is 5.89. The highest BCUT2D eigenvalue weighted by Gasteiger charge is 2.36. The molecule has 0 radical (unpaired) electrons. The molecule has 0 bridgehead atoms. The number of fused-ring (bicyclic) bond motifs is 6. The number of benzene rings is 6. The molecule has 8 rings (SSSR count). The minimum Gasteiger partial charge on any atom is -0.399 e. The van der Waals surface area contributed by atoms with Gasteiger partial charge in [0.2, 0.25) is 0 Å². The van der Waals surface area contributed by atoms with Crippen LogP contribution in [0.5, 0.6) is 0 Å². The van der Waals surface area contributed by atoms with Gasteiger partial charge in [-0.15, -0.1) is 0 Å². The largest absolute Gasteiger partial charge is 0.399 e. The maximum Gasteiger partial charge on any atom is 0.0317 e. The average molecular weight is 763 g/mol. The second-order valence-corrected chi connectivity index (χ2v) is 18.8. The van der Waals surface area contributed by atoms with Crippen LogP contribution in [0.15, 0.2) is 138 Å². The lowest BCUT2D eigenvalue weighted by molar-refractivity contribution is 0.590. The number of anilines is 1. The molecule has 2 N–H and O–H groups in total. The molecule has 0 heterocycles. The Kier molecular flexibility index (Phi) is 10.4. The summed E-state index contributed by atoms with van der Waals surface area (Å²) in [5.41, 5.74) is 24.0. The molecule has 6 aromatic rings. The van der Waals surface area contributed by atoms with E-state index in [4.69, 9.17) is 5.73 Å². The van der Waals surface area contributed by atoms with Crippen molar-refractivity contribution in [2.75, 3.05) is 5.73 Å². The van der Waals surface area contributed by atoms with E-state index in [-0.39, 0.29) is 21.7 Å². The first-order chi connectivity index (χ1) is 24.9. The summed E-state index contributed by atoms with van der Waals surface area (Å²) in [4.78, 5) is 0. The molecule has 6 aromatic carbocycles. The summed E-state index contributed by atoms with van der Waals surface area (Å²) in [7, 11) is 0. The number of hydrogen-bond donors (Lipinski definition) is 1. The third kappa shape index (κ3) is 7.95. The van der Waals surface area contributed by atoms with Gasteiger partial charge >= 0.3 is 0 Å². The van der Waals surface area contributed by atoms with Crippen molar-refractivity contribution >= 4 is 21.6 Å². The number of hydrogen-bond acceptors (Lipinski definition) is 1. The Labute approximate surface area is 327 Å².